The van der Waals surface area contributed by atoms with Gasteiger partial charge in [-0.05, 0) is 61.4 Å². The van der Waals surface area contributed by atoms with Crippen LogP contribution in [0.3, 0.4) is 0 Å². The number of hydrogen-bond donors (Lipinski definition) is 0. The lowest BCUT2D eigenvalue weighted by Crippen LogP contribution is -2.59. The first-order valence-corrected chi connectivity index (χ1v) is 12.6. The first-order valence-electron chi connectivity index (χ1n) is 12.6. The van der Waals surface area contributed by atoms with E-state index in [2.05, 4.69) is 52.3 Å². The summed E-state index contributed by atoms with van der Waals surface area (Å²) in [6.45, 7) is 5.29. The predicted octanol–water partition coefficient (Wildman–Crippen LogP) is 5.50. The van der Waals surface area contributed by atoms with Crippen LogP contribution >= 0.6 is 0 Å². The van der Waals surface area contributed by atoms with Crippen molar-refractivity contribution in [2.45, 2.75) is 70.2 Å². The third kappa shape index (κ3) is 4.82. The van der Waals surface area contributed by atoms with E-state index in [1.165, 1.54) is 75.7 Å². The molecule has 3 aliphatic rings. The Hall–Kier alpha value is -2.04. The molecule has 0 amide bonds. The average Bonchev–Trinajstić information content (AvgIpc) is 3.33. The van der Waals surface area contributed by atoms with Gasteiger partial charge in [0.05, 0.1) is 7.11 Å². The van der Waals surface area contributed by atoms with Crippen LogP contribution in [-0.4, -0.2) is 48.6 Å². The van der Waals surface area contributed by atoms with E-state index in [1.54, 1.807) is 7.11 Å². The van der Waals surface area contributed by atoms with E-state index < -0.39 is 0 Å². The van der Waals surface area contributed by atoms with Crippen molar-refractivity contribution in [1.82, 2.24) is 9.80 Å². The molecule has 0 unspecified atom stereocenters. The van der Waals surface area contributed by atoms with Crippen molar-refractivity contribution in [3.63, 3.8) is 0 Å². The lowest BCUT2D eigenvalue weighted by Gasteiger charge is -2.49. The summed E-state index contributed by atoms with van der Waals surface area (Å²) in [4.78, 5) is 5.60. The fourth-order valence-electron chi connectivity index (χ4n) is 6.34. The van der Waals surface area contributed by atoms with Crippen LogP contribution in [0.2, 0.25) is 0 Å². The zero-order chi connectivity index (χ0) is 21.8. The van der Waals surface area contributed by atoms with E-state index in [0.717, 1.165) is 30.0 Å². The molecule has 0 spiro atoms. The zero-order valence-electron chi connectivity index (χ0n) is 19.5. The highest BCUT2D eigenvalue weighted by Crippen LogP contribution is 2.38. The van der Waals surface area contributed by atoms with E-state index in [0.29, 0.717) is 12.6 Å². The fraction of sp³-hybridized carbons (Fsp3) is 0.571. The molecule has 1 saturated carbocycles. The fourth-order valence-corrected chi connectivity index (χ4v) is 6.34. The van der Waals surface area contributed by atoms with Crippen molar-refractivity contribution in [2.75, 3.05) is 26.7 Å². The Morgan fingerprint density at radius 3 is 2.47 bits per heavy atom. The molecule has 2 atom stereocenters. The number of rotatable bonds is 7. The van der Waals surface area contributed by atoms with Crippen molar-refractivity contribution in [2.24, 2.45) is 5.92 Å². The SMILES string of the molecule is COc1ccc(CN2CCN3CCC[C@H]3[C@H]2C2CCCCC2)cc1OCc1ccccc1. The molecule has 4 nitrogen and oxygen atoms in total. The largest absolute Gasteiger partial charge is 0.493 e. The second-order valence-electron chi connectivity index (χ2n) is 9.86. The molecule has 172 valence electrons. The average molecular weight is 435 g/mol. The van der Waals surface area contributed by atoms with Gasteiger partial charge in [0.15, 0.2) is 11.5 Å². The van der Waals surface area contributed by atoms with Gasteiger partial charge in [0.1, 0.15) is 6.61 Å². The predicted molar refractivity (Wildman–Crippen MR) is 129 cm³/mol. The number of fused-ring (bicyclic) bond motifs is 1. The van der Waals surface area contributed by atoms with Crippen LogP contribution in [0.1, 0.15) is 56.1 Å². The summed E-state index contributed by atoms with van der Waals surface area (Å²) >= 11 is 0. The van der Waals surface area contributed by atoms with Gasteiger partial charge in [-0.3, -0.25) is 9.80 Å². The lowest BCUT2D eigenvalue weighted by molar-refractivity contribution is -0.00383. The molecule has 3 fully saturated rings. The normalized spacial score (nSPS) is 24.9. The van der Waals surface area contributed by atoms with Gasteiger partial charge in [0, 0.05) is 31.7 Å². The molecule has 2 aliphatic heterocycles. The van der Waals surface area contributed by atoms with Crippen molar-refractivity contribution in [3.05, 3.63) is 59.7 Å². The molecule has 0 radical (unpaired) electrons. The molecule has 4 heteroatoms. The van der Waals surface area contributed by atoms with Crippen LogP contribution in [0.4, 0.5) is 0 Å². The van der Waals surface area contributed by atoms with E-state index in [1.807, 2.05) is 6.07 Å². The molecule has 0 N–H and O–H groups in total. The van der Waals surface area contributed by atoms with Gasteiger partial charge in [-0.1, -0.05) is 55.7 Å². The number of methoxy groups -OCH3 is 1. The highest BCUT2D eigenvalue weighted by Gasteiger charge is 2.42. The molecule has 2 aromatic carbocycles. The number of hydrogen-bond acceptors (Lipinski definition) is 4. The minimum atomic E-state index is 0.562. The second kappa shape index (κ2) is 10.3. The molecule has 32 heavy (non-hydrogen) atoms. The summed E-state index contributed by atoms with van der Waals surface area (Å²) in [5.41, 5.74) is 2.51. The van der Waals surface area contributed by atoms with Crippen LogP contribution in [0.25, 0.3) is 0 Å². The van der Waals surface area contributed by atoms with Gasteiger partial charge < -0.3 is 9.47 Å². The van der Waals surface area contributed by atoms with Crippen LogP contribution in [0, 0.1) is 5.92 Å². The van der Waals surface area contributed by atoms with E-state index in [9.17, 15) is 0 Å². The Morgan fingerprint density at radius 1 is 0.812 bits per heavy atom. The molecular formula is C28H38N2O2. The Morgan fingerprint density at radius 2 is 1.66 bits per heavy atom. The van der Waals surface area contributed by atoms with Crippen LogP contribution < -0.4 is 9.47 Å². The van der Waals surface area contributed by atoms with Crippen molar-refractivity contribution >= 4 is 0 Å². The van der Waals surface area contributed by atoms with Gasteiger partial charge in [-0.2, -0.15) is 0 Å². The van der Waals surface area contributed by atoms with Crippen LogP contribution in [-0.2, 0) is 13.2 Å². The van der Waals surface area contributed by atoms with Crippen LogP contribution in [0.5, 0.6) is 11.5 Å². The minimum Gasteiger partial charge on any atom is -0.493 e. The van der Waals surface area contributed by atoms with E-state index in [-0.39, 0.29) is 0 Å². The van der Waals surface area contributed by atoms with Crippen molar-refractivity contribution < 1.29 is 9.47 Å². The van der Waals surface area contributed by atoms with Crippen LogP contribution in [0.15, 0.2) is 48.5 Å². The maximum absolute atomic E-state index is 6.20. The number of nitrogens with zero attached hydrogens (tertiary/aromatic N) is 2. The summed E-state index contributed by atoms with van der Waals surface area (Å²) in [6.07, 6.45) is 9.86. The molecule has 2 heterocycles. The molecule has 2 aromatic rings. The Labute approximate surface area is 193 Å². The number of piperazine rings is 1. The minimum absolute atomic E-state index is 0.562. The Kier molecular flexibility index (Phi) is 6.99. The monoisotopic (exact) mass is 434 g/mol. The summed E-state index contributed by atoms with van der Waals surface area (Å²) < 4.78 is 11.8. The van der Waals surface area contributed by atoms with Crippen molar-refractivity contribution in [1.29, 1.82) is 0 Å². The Balaban J connectivity index is 1.33. The van der Waals surface area contributed by atoms with Gasteiger partial charge in [-0.25, -0.2) is 0 Å². The standard InChI is InChI=1S/C28H38N2O2/c1-31-26-15-14-23(19-27(26)32-21-22-9-4-2-5-10-22)20-30-18-17-29-16-8-13-25(29)28(30)24-11-6-3-7-12-24/h2,4-5,9-10,14-15,19,24-25,28H,3,6-8,11-13,16-18,20-21H2,1H3/t25-,28+/m0/s1. The quantitative estimate of drug-likeness (QED) is 0.574. The summed E-state index contributed by atoms with van der Waals surface area (Å²) in [6, 6.07) is 18.4. The first-order chi connectivity index (χ1) is 15.8. The lowest BCUT2D eigenvalue weighted by atomic mass is 9.78. The molecule has 0 bridgehead atoms. The number of ether oxygens (including phenoxy) is 2. The molecule has 0 aromatic heterocycles. The van der Waals surface area contributed by atoms with Gasteiger partial charge in [0.25, 0.3) is 0 Å². The zero-order valence-corrected chi connectivity index (χ0v) is 19.5. The second-order valence-corrected chi connectivity index (χ2v) is 9.86. The maximum atomic E-state index is 6.20. The third-order valence-corrected chi connectivity index (χ3v) is 7.89. The third-order valence-electron chi connectivity index (χ3n) is 7.89. The summed E-state index contributed by atoms with van der Waals surface area (Å²) in [7, 11) is 1.73. The van der Waals surface area contributed by atoms with E-state index >= 15 is 0 Å². The van der Waals surface area contributed by atoms with Gasteiger partial charge in [0.2, 0.25) is 0 Å². The molecular weight excluding hydrogens is 396 g/mol. The first kappa shape index (κ1) is 21.8. The maximum Gasteiger partial charge on any atom is 0.161 e. The van der Waals surface area contributed by atoms with E-state index in [4.69, 9.17) is 9.47 Å². The van der Waals surface area contributed by atoms with Crippen molar-refractivity contribution in [3.8, 4) is 11.5 Å². The summed E-state index contributed by atoms with van der Waals surface area (Å²) in [5, 5.41) is 0. The Bertz CT molecular complexity index is 865. The number of benzene rings is 2. The molecule has 5 rings (SSSR count). The van der Waals surface area contributed by atoms with Gasteiger partial charge in [-0.15, -0.1) is 0 Å². The topological polar surface area (TPSA) is 24.9 Å². The molecule has 1 aliphatic carbocycles. The highest BCUT2D eigenvalue weighted by atomic mass is 16.5. The smallest absolute Gasteiger partial charge is 0.161 e. The summed E-state index contributed by atoms with van der Waals surface area (Å²) in [5.74, 6) is 2.53. The molecule has 2 saturated heterocycles. The highest BCUT2D eigenvalue weighted by molar-refractivity contribution is 5.43. The van der Waals surface area contributed by atoms with Gasteiger partial charge >= 0.3 is 0 Å².